The molecule has 1 aromatic carbocycles. The fourth-order valence-electron chi connectivity index (χ4n) is 1.26. The summed E-state index contributed by atoms with van der Waals surface area (Å²) in [6.07, 6.45) is 3.71. The van der Waals surface area contributed by atoms with E-state index < -0.39 is 0 Å². The number of nitrogens with two attached hydrogens (primary N) is 1. The Morgan fingerprint density at radius 3 is 2.86 bits per heavy atom. The molecule has 1 atom stereocenters. The highest BCUT2D eigenvalue weighted by Gasteiger charge is 2.08. The van der Waals surface area contributed by atoms with E-state index in [4.69, 9.17) is 17.3 Å². The maximum atomic E-state index is 6.01. The van der Waals surface area contributed by atoms with Gasteiger partial charge in [-0.1, -0.05) is 39.7 Å². The quantitative estimate of drug-likeness (QED) is 0.823. The van der Waals surface area contributed by atoms with Gasteiger partial charge in [0, 0.05) is 15.5 Å². The predicted molar refractivity (Wildman–Crippen MR) is 65.5 cm³/mol. The molecule has 1 aromatic rings. The number of halogens is 2. The van der Waals surface area contributed by atoms with Crippen molar-refractivity contribution in [1.29, 1.82) is 0 Å². The van der Waals surface area contributed by atoms with E-state index in [-0.39, 0.29) is 6.04 Å². The molecule has 3 heteroatoms. The average molecular weight is 275 g/mol. The Bertz CT molecular complexity index is 325. The van der Waals surface area contributed by atoms with E-state index >= 15 is 0 Å². The Labute approximate surface area is 98.1 Å². The van der Waals surface area contributed by atoms with Gasteiger partial charge in [-0.05, 0) is 30.5 Å². The molecule has 76 valence electrons. The first kappa shape index (κ1) is 11.8. The van der Waals surface area contributed by atoms with Crippen molar-refractivity contribution in [3.8, 4) is 0 Å². The van der Waals surface area contributed by atoms with Gasteiger partial charge in [0.15, 0.2) is 0 Å². The largest absolute Gasteiger partial charge is 0.324 e. The maximum absolute atomic E-state index is 6.01. The molecule has 0 heterocycles. The zero-order valence-corrected chi connectivity index (χ0v) is 10.2. The van der Waals surface area contributed by atoms with E-state index in [0.717, 1.165) is 27.9 Å². The molecule has 0 radical (unpaired) electrons. The van der Waals surface area contributed by atoms with Crippen LogP contribution in [0.15, 0.2) is 35.3 Å². The highest BCUT2D eigenvalue weighted by molar-refractivity contribution is 9.10. The van der Waals surface area contributed by atoms with Gasteiger partial charge < -0.3 is 5.73 Å². The highest BCUT2D eigenvalue weighted by atomic mass is 79.9. The van der Waals surface area contributed by atoms with E-state index in [1.54, 1.807) is 0 Å². The fourth-order valence-corrected chi connectivity index (χ4v) is 2.23. The number of hydrogen-bond donors (Lipinski definition) is 1. The summed E-state index contributed by atoms with van der Waals surface area (Å²) in [6, 6.07) is 5.72. The van der Waals surface area contributed by atoms with Gasteiger partial charge >= 0.3 is 0 Å². The highest BCUT2D eigenvalue weighted by Crippen LogP contribution is 2.27. The summed E-state index contributed by atoms with van der Waals surface area (Å²) < 4.78 is 0.974. The average Bonchev–Trinajstić information content (AvgIpc) is 2.14. The molecule has 1 unspecified atom stereocenters. The minimum absolute atomic E-state index is 0.0413. The normalized spacial score (nSPS) is 12.5. The van der Waals surface area contributed by atoms with Crippen molar-refractivity contribution in [1.82, 2.24) is 0 Å². The molecule has 2 N–H and O–H groups in total. The first-order valence-corrected chi connectivity index (χ1v) is 5.63. The van der Waals surface area contributed by atoms with Gasteiger partial charge in [0.05, 0.1) is 0 Å². The summed E-state index contributed by atoms with van der Waals surface area (Å²) in [4.78, 5) is 0. The first-order valence-electron chi connectivity index (χ1n) is 4.46. The van der Waals surface area contributed by atoms with Gasteiger partial charge in [-0.15, -0.1) is 6.58 Å². The Hall–Kier alpha value is -0.310. The molecule has 0 aliphatic heterocycles. The summed E-state index contributed by atoms with van der Waals surface area (Å²) in [7, 11) is 0. The van der Waals surface area contributed by atoms with E-state index in [1.165, 1.54) is 0 Å². The molecule has 0 aromatic heterocycles. The molecule has 0 spiro atoms. The third kappa shape index (κ3) is 3.12. The van der Waals surface area contributed by atoms with Crippen LogP contribution < -0.4 is 5.73 Å². The number of allylic oxidation sites excluding steroid dienone is 1. The van der Waals surface area contributed by atoms with Crippen LogP contribution in [0, 0.1) is 0 Å². The summed E-state index contributed by atoms with van der Waals surface area (Å²) in [6.45, 7) is 3.67. The number of benzene rings is 1. The fraction of sp³-hybridized carbons (Fsp3) is 0.273. The Morgan fingerprint density at radius 1 is 1.57 bits per heavy atom. The van der Waals surface area contributed by atoms with Crippen LogP contribution in [-0.4, -0.2) is 0 Å². The number of hydrogen-bond acceptors (Lipinski definition) is 1. The summed E-state index contributed by atoms with van der Waals surface area (Å²) in [5, 5.41) is 0.719. The molecule has 1 rings (SSSR count). The van der Waals surface area contributed by atoms with Crippen molar-refractivity contribution in [2.75, 3.05) is 0 Å². The number of rotatable bonds is 4. The van der Waals surface area contributed by atoms with Gasteiger partial charge in [-0.3, -0.25) is 0 Å². The van der Waals surface area contributed by atoms with Gasteiger partial charge in [0.1, 0.15) is 0 Å². The molecular formula is C11H13BrClN. The molecule has 0 bridgehead atoms. The molecule has 0 aliphatic rings. The third-order valence-corrected chi connectivity index (χ3v) is 2.97. The van der Waals surface area contributed by atoms with Crippen molar-refractivity contribution in [2.45, 2.75) is 18.9 Å². The zero-order valence-electron chi connectivity index (χ0n) is 7.84. The first-order chi connectivity index (χ1) is 6.65. The predicted octanol–water partition coefficient (Wildman–Crippen LogP) is 4.07. The Morgan fingerprint density at radius 2 is 2.29 bits per heavy atom. The van der Waals surface area contributed by atoms with Gasteiger partial charge in [0.25, 0.3) is 0 Å². The van der Waals surface area contributed by atoms with Crippen LogP contribution in [0.5, 0.6) is 0 Å². The molecule has 0 fully saturated rings. The molecular weight excluding hydrogens is 261 g/mol. The van der Waals surface area contributed by atoms with Crippen LogP contribution in [0.4, 0.5) is 0 Å². The molecule has 0 amide bonds. The van der Waals surface area contributed by atoms with Crippen LogP contribution in [0.25, 0.3) is 0 Å². The van der Waals surface area contributed by atoms with Crippen molar-refractivity contribution in [3.63, 3.8) is 0 Å². The standard InChI is InChI=1S/C11H13BrClN/c1-2-3-4-11(14)9-6-5-8(13)7-10(9)12/h2,5-7,11H,1,3-4,14H2. The Balaban J connectivity index is 2.78. The van der Waals surface area contributed by atoms with Crippen LogP contribution >= 0.6 is 27.5 Å². The van der Waals surface area contributed by atoms with Crippen LogP contribution in [0.3, 0.4) is 0 Å². The lowest BCUT2D eigenvalue weighted by Gasteiger charge is -2.12. The summed E-state index contributed by atoms with van der Waals surface area (Å²) in [5.41, 5.74) is 7.10. The van der Waals surface area contributed by atoms with Gasteiger partial charge in [0.2, 0.25) is 0 Å². The zero-order chi connectivity index (χ0) is 10.6. The summed E-state index contributed by atoms with van der Waals surface area (Å²) >= 11 is 9.29. The second-order valence-electron chi connectivity index (χ2n) is 3.14. The smallest absolute Gasteiger partial charge is 0.0417 e. The maximum Gasteiger partial charge on any atom is 0.0417 e. The topological polar surface area (TPSA) is 26.0 Å². The molecule has 1 nitrogen and oxygen atoms in total. The second kappa shape index (κ2) is 5.54. The van der Waals surface area contributed by atoms with Crippen LogP contribution in [-0.2, 0) is 0 Å². The lowest BCUT2D eigenvalue weighted by atomic mass is 10.0. The molecule has 0 saturated heterocycles. The van der Waals surface area contributed by atoms with Crippen LogP contribution in [0.1, 0.15) is 24.4 Å². The van der Waals surface area contributed by atoms with Crippen molar-refractivity contribution < 1.29 is 0 Å². The van der Waals surface area contributed by atoms with Gasteiger partial charge in [-0.25, -0.2) is 0 Å². The summed E-state index contributed by atoms with van der Waals surface area (Å²) in [5.74, 6) is 0. The van der Waals surface area contributed by atoms with Gasteiger partial charge in [-0.2, -0.15) is 0 Å². The lowest BCUT2D eigenvalue weighted by molar-refractivity contribution is 0.659. The second-order valence-corrected chi connectivity index (χ2v) is 4.43. The molecule has 14 heavy (non-hydrogen) atoms. The SMILES string of the molecule is C=CCCC(N)c1ccc(Cl)cc1Br. The lowest BCUT2D eigenvalue weighted by Crippen LogP contribution is -2.10. The monoisotopic (exact) mass is 273 g/mol. The third-order valence-electron chi connectivity index (χ3n) is 2.04. The van der Waals surface area contributed by atoms with Crippen LogP contribution in [0.2, 0.25) is 5.02 Å². The van der Waals surface area contributed by atoms with E-state index in [1.807, 2.05) is 24.3 Å². The minimum atomic E-state index is 0.0413. The Kier molecular flexibility index (Phi) is 4.66. The van der Waals surface area contributed by atoms with Crippen molar-refractivity contribution in [2.24, 2.45) is 5.73 Å². The van der Waals surface area contributed by atoms with E-state index in [0.29, 0.717) is 0 Å². The molecule has 0 saturated carbocycles. The van der Waals surface area contributed by atoms with Crippen molar-refractivity contribution in [3.05, 3.63) is 45.9 Å². The van der Waals surface area contributed by atoms with E-state index in [2.05, 4.69) is 22.5 Å². The molecule has 0 aliphatic carbocycles. The van der Waals surface area contributed by atoms with Crippen molar-refractivity contribution >= 4 is 27.5 Å². The van der Waals surface area contributed by atoms with E-state index in [9.17, 15) is 0 Å². The minimum Gasteiger partial charge on any atom is -0.324 e.